The van der Waals surface area contributed by atoms with Crippen LogP contribution in [0, 0.1) is 5.92 Å². The number of anilines is 1. The van der Waals surface area contributed by atoms with Crippen LogP contribution in [0.2, 0.25) is 0 Å². The van der Waals surface area contributed by atoms with Crippen molar-refractivity contribution in [3.05, 3.63) is 24.0 Å². The van der Waals surface area contributed by atoms with Crippen molar-refractivity contribution in [2.75, 3.05) is 44.7 Å². The Morgan fingerprint density at radius 1 is 1.21 bits per heavy atom. The van der Waals surface area contributed by atoms with Crippen molar-refractivity contribution in [1.82, 2.24) is 20.1 Å². The zero-order valence-electron chi connectivity index (χ0n) is 16.9. The van der Waals surface area contributed by atoms with Gasteiger partial charge in [0.2, 0.25) is 11.8 Å². The lowest BCUT2D eigenvalue weighted by molar-refractivity contribution is -0.121. The minimum Gasteiger partial charge on any atom is -0.440 e. The lowest BCUT2D eigenvalue weighted by atomic mass is 9.79. The van der Waals surface area contributed by atoms with E-state index in [-0.39, 0.29) is 17.9 Å². The van der Waals surface area contributed by atoms with Gasteiger partial charge in [-0.2, -0.15) is 0 Å². The maximum absolute atomic E-state index is 12.9. The van der Waals surface area contributed by atoms with Crippen LogP contribution in [0.4, 0.5) is 5.88 Å². The molecular weight excluding hydrogens is 370 g/mol. The third-order valence-electron chi connectivity index (χ3n) is 6.77. The summed E-state index contributed by atoms with van der Waals surface area (Å²) < 4.78 is 5.92. The Morgan fingerprint density at radius 3 is 2.72 bits per heavy atom. The van der Waals surface area contributed by atoms with Crippen LogP contribution in [0.5, 0.6) is 0 Å². The van der Waals surface area contributed by atoms with Crippen LogP contribution in [-0.2, 0) is 4.79 Å². The Kier molecular flexibility index (Phi) is 4.55. The predicted molar refractivity (Wildman–Crippen MR) is 109 cm³/mol. The maximum atomic E-state index is 12.9. The van der Waals surface area contributed by atoms with Crippen LogP contribution in [0.25, 0.3) is 11.0 Å². The lowest BCUT2D eigenvalue weighted by Crippen LogP contribution is -2.62. The lowest BCUT2D eigenvalue weighted by Gasteiger charge is -2.49. The average molecular weight is 397 g/mol. The molecule has 4 saturated heterocycles. The largest absolute Gasteiger partial charge is 0.440 e. The number of hydrogen-bond donors (Lipinski definition) is 1. The van der Waals surface area contributed by atoms with Gasteiger partial charge >= 0.3 is 0 Å². The molecule has 2 bridgehead atoms. The Labute approximate surface area is 169 Å². The fraction of sp³-hybridized carbons (Fsp3) is 0.571. The van der Waals surface area contributed by atoms with Gasteiger partial charge in [0.05, 0.1) is 6.54 Å². The van der Waals surface area contributed by atoms with Gasteiger partial charge in [0, 0.05) is 48.9 Å². The summed E-state index contributed by atoms with van der Waals surface area (Å²) in [5.41, 5.74) is 0.931. The number of piperidine rings is 3. The molecule has 2 atom stereocenters. The van der Waals surface area contributed by atoms with E-state index in [4.69, 9.17) is 4.42 Å². The predicted octanol–water partition coefficient (Wildman–Crippen LogP) is 1.32. The van der Waals surface area contributed by atoms with E-state index in [0.717, 1.165) is 37.9 Å². The van der Waals surface area contributed by atoms with E-state index in [1.165, 1.54) is 0 Å². The number of furan rings is 1. The molecular formula is C21H27N5O3. The van der Waals surface area contributed by atoms with E-state index >= 15 is 0 Å². The summed E-state index contributed by atoms with van der Waals surface area (Å²) in [5.74, 6) is 0.913. The van der Waals surface area contributed by atoms with Crippen LogP contribution in [-0.4, -0.2) is 78.5 Å². The molecule has 2 aromatic heterocycles. The molecule has 0 spiro atoms. The molecule has 0 saturated carbocycles. The Bertz CT molecular complexity index is 947. The molecule has 154 valence electrons. The van der Waals surface area contributed by atoms with Crippen molar-refractivity contribution >= 4 is 28.7 Å². The second kappa shape index (κ2) is 7.11. The van der Waals surface area contributed by atoms with Crippen LogP contribution in [0.15, 0.2) is 22.7 Å². The van der Waals surface area contributed by atoms with Gasteiger partial charge in [-0.15, -0.1) is 0 Å². The molecule has 2 unspecified atom stereocenters. The van der Waals surface area contributed by atoms with Gasteiger partial charge in [0.1, 0.15) is 11.3 Å². The van der Waals surface area contributed by atoms with Crippen molar-refractivity contribution in [3.63, 3.8) is 0 Å². The summed E-state index contributed by atoms with van der Waals surface area (Å²) in [4.78, 5) is 35.6. The van der Waals surface area contributed by atoms with E-state index < -0.39 is 0 Å². The molecule has 6 heterocycles. The number of pyridine rings is 1. The summed E-state index contributed by atoms with van der Waals surface area (Å²) in [7, 11) is 1.93. The summed E-state index contributed by atoms with van der Waals surface area (Å²) in [6.07, 6.45) is 3.93. The number of carbonyl (C=O) groups is 2. The Hall–Kier alpha value is -2.45. The van der Waals surface area contributed by atoms with Crippen molar-refractivity contribution < 1.29 is 14.0 Å². The molecule has 8 nitrogen and oxygen atoms in total. The van der Waals surface area contributed by atoms with Gasteiger partial charge in [0.15, 0.2) is 0 Å². The van der Waals surface area contributed by atoms with E-state index in [2.05, 4.69) is 22.1 Å². The molecule has 0 aromatic carbocycles. The third-order valence-corrected chi connectivity index (χ3v) is 6.77. The SMILES string of the molecule is CC1C(NC(=O)c2cc3oc(N4CCN(C)CC4=O)cc3cn2)C2CCN1CC2. The fourth-order valence-corrected chi connectivity index (χ4v) is 4.97. The maximum Gasteiger partial charge on any atom is 0.270 e. The number of fused-ring (bicyclic) bond motifs is 4. The van der Waals surface area contributed by atoms with Crippen molar-refractivity contribution in [3.8, 4) is 0 Å². The molecule has 4 aliphatic heterocycles. The van der Waals surface area contributed by atoms with Gasteiger partial charge in [-0.25, -0.2) is 0 Å². The summed E-state index contributed by atoms with van der Waals surface area (Å²) in [5, 5.41) is 4.00. The number of aromatic nitrogens is 1. The fourth-order valence-electron chi connectivity index (χ4n) is 4.97. The third kappa shape index (κ3) is 3.30. The number of nitrogens with zero attached hydrogens (tertiary/aromatic N) is 4. The van der Waals surface area contributed by atoms with Crippen LogP contribution >= 0.6 is 0 Å². The molecule has 2 amide bonds. The van der Waals surface area contributed by atoms with Gasteiger partial charge < -0.3 is 9.73 Å². The molecule has 0 aliphatic carbocycles. The summed E-state index contributed by atoms with van der Waals surface area (Å²) in [6.45, 7) is 6.21. The van der Waals surface area contributed by atoms with Gasteiger partial charge in [-0.1, -0.05) is 0 Å². The van der Waals surface area contributed by atoms with E-state index in [0.29, 0.717) is 42.2 Å². The first-order valence-electron chi connectivity index (χ1n) is 10.4. The average Bonchev–Trinajstić information content (AvgIpc) is 3.13. The van der Waals surface area contributed by atoms with E-state index in [1.54, 1.807) is 17.2 Å². The molecule has 8 heteroatoms. The van der Waals surface area contributed by atoms with Crippen molar-refractivity contribution in [2.45, 2.75) is 31.8 Å². The van der Waals surface area contributed by atoms with E-state index in [9.17, 15) is 9.59 Å². The molecule has 29 heavy (non-hydrogen) atoms. The zero-order valence-corrected chi connectivity index (χ0v) is 16.9. The molecule has 1 N–H and O–H groups in total. The number of rotatable bonds is 3. The topological polar surface area (TPSA) is 81.9 Å². The highest BCUT2D eigenvalue weighted by Gasteiger charge is 2.40. The number of nitrogens with one attached hydrogen (secondary N) is 1. The number of amides is 2. The zero-order chi connectivity index (χ0) is 20.1. The van der Waals surface area contributed by atoms with Gasteiger partial charge in [0.25, 0.3) is 5.91 Å². The standard InChI is InChI=1S/C21H27N5O3/c1-13-20(14-3-5-25(13)6-4-14)23-21(28)16-10-17-15(11-22-16)9-19(29-17)26-8-7-24(2)12-18(26)27/h9-11,13-14,20H,3-8,12H2,1-2H3,(H,23,28). The minimum atomic E-state index is -0.161. The van der Waals surface area contributed by atoms with Crippen LogP contribution in [0.3, 0.4) is 0 Å². The monoisotopic (exact) mass is 397 g/mol. The highest BCUT2D eigenvalue weighted by molar-refractivity contribution is 5.98. The Morgan fingerprint density at radius 2 is 2.00 bits per heavy atom. The highest BCUT2D eigenvalue weighted by atomic mass is 16.4. The first-order valence-corrected chi connectivity index (χ1v) is 10.4. The van der Waals surface area contributed by atoms with Crippen LogP contribution < -0.4 is 10.2 Å². The second-order valence-electron chi connectivity index (χ2n) is 8.59. The van der Waals surface area contributed by atoms with Crippen molar-refractivity contribution in [1.29, 1.82) is 0 Å². The quantitative estimate of drug-likeness (QED) is 0.841. The normalized spacial score (nSPS) is 30.1. The summed E-state index contributed by atoms with van der Waals surface area (Å²) >= 11 is 0. The molecule has 0 radical (unpaired) electrons. The van der Waals surface area contributed by atoms with Gasteiger partial charge in [-0.3, -0.25) is 29.3 Å². The molecule has 4 aliphatic rings. The first-order chi connectivity index (χ1) is 14.0. The van der Waals surface area contributed by atoms with Crippen LogP contribution in [0.1, 0.15) is 30.3 Å². The smallest absolute Gasteiger partial charge is 0.270 e. The van der Waals surface area contributed by atoms with E-state index in [1.807, 2.05) is 18.0 Å². The second-order valence-corrected chi connectivity index (χ2v) is 8.59. The number of likely N-dealkylation sites (N-methyl/N-ethyl adjacent to an activating group) is 1. The number of carbonyl (C=O) groups excluding carboxylic acids is 2. The highest BCUT2D eigenvalue weighted by Crippen LogP contribution is 2.32. The Balaban J connectivity index is 1.34. The minimum absolute atomic E-state index is 0.0140. The molecule has 6 rings (SSSR count). The van der Waals surface area contributed by atoms with Crippen molar-refractivity contribution in [2.24, 2.45) is 5.92 Å². The number of piperazine rings is 1. The molecule has 2 aromatic rings. The van der Waals surface area contributed by atoms with Gasteiger partial charge in [-0.05, 0) is 45.8 Å². The first kappa shape index (κ1) is 18.6. The summed E-state index contributed by atoms with van der Waals surface area (Å²) in [6, 6.07) is 4.02. The molecule has 4 fully saturated rings. The number of hydrogen-bond acceptors (Lipinski definition) is 6.